The van der Waals surface area contributed by atoms with E-state index in [4.69, 9.17) is 11.6 Å². The molecular weight excluding hydrogens is 436 g/mol. The van der Waals surface area contributed by atoms with E-state index in [1.165, 1.54) is 12.1 Å². The van der Waals surface area contributed by atoms with Gasteiger partial charge in [0.2, 0.25) is 0 Å². The minimum absolute atomic E-state index is 0.00499. The van der Waals surface area contributed by atoms with Gasteiger partial charge >= 0.3 is 0 Å². The van der Waals surface area contributed by atoms with Crippen molar-refractivity contribution in [3.05, 3.63) is 83.5 Å². The Morgan fingerprint density at radius 1 is 0.935 bits per heavy atom. The number of halogens is 1. The highest BCUT2D eigenvalue weighted by molar-refractivity contribution is 7.92. The molecule has 1 amide bonds. The zero-order valence-corrected chi connectivity index (χ0v) is 18.2. The highest BCUT2D eigenvalue weighted by Crippen LogP contribution is 2.24. The SMILES string of the molecule is O=C(c1cccc(S(=O)(=O)Nc2ccccc2Cl)c1)N1CCN(c2ccccn2)CC1. The number of rotatable bonds is 5. The predicted molar refractivity (Wildman–Crippen MR) is 121 cm³/mol. The third-order valence-electron chi connectivity index (χ3n) is 5.05. The summed E-state index contributed by atoms with van der Waals surface area (Å²) in [5, 5.41) is 0.295. The number of benzene rings is 2. The number of hydrogen-bond acceptors (Lipinski definition) is 5. The van der Waals surface area contributed by atoms with E-state index in [1.54, 1.807) is 47.5 Å². The molecule has 0 aliphatic carbocycles. The molecule has 0 radical (unpaired) electrons. The lowest BCUT2D eigenvalue weighted by Gasteiger charge is -2.35. The lowest BCUT2D eigenvalue weighted by molar-refractivity contribution is 0.0746. The van der Waals surface area contributed by atoms with Gasteiger partial charge in [-0.1, -0.05) is 35.9 Å². The van der Waals surface area contributed by atoms with Gasteiger partial charge in [-0.15, -0.1) is 0 Å². The van der Waals surface area contributed by atoms with Crippen molar-refractivity contribution in [2.75, 3.05) is 35.8 Å². The third kappa shape index (κ3) is 4.81. The Labute approximate surface area is 186 Å². The molecule has 1 aliphatic heterocycles. The van der Waals surface area contributed by atoms with E-state index in [2.05, 4.69) is 14.6 Å². The fraction of sp³-hybridized carbons (Fsp3) is 0.182. The van der Waals surface area contributed by atoms with Gasteiger partial charge in [-0.25, -0.2) is 13.4 Å². The highest BCUT2D eigenvalue weighted by Gasteiger charge is 2.24. The minimum atomic E-state index is -3.89. The molecule has 1 aromatic heterocycles. The molecule has 7 nitrogen and oxygen atoms in total. The molecule has 4 rings (SSSR count). The van der Waals surface area contributed by atoms with Crippen molar-refractivity contribution < 1.29 is 13.2 Å². The first-order valence-corrected chi connectivity index (χ1v) is 11.6. The number of hydrogen-bond donors (Lipinski definition) is 1. The summed E-state index contributed by atoms with van der Waals surface area (Å²) in [6, 6.07) is 18.4. The van der Waals surface area contributed by atoms with E-state index in [-0.39, 0.29) is 16.5 Å². The van der Waals surface area contributed by atoms with Crippen molar-refractivity contribution in [3.63, 3.8) is 0 Å². The van der Waals surface area contributed by atoms with Crippen LogP contribution in [0.15, 0.2) is 77.8 Å². The van der Waals surface area contributed by atoms with E-state index in [0.29, 0.717) is 36.8 Å². The van der Waals surface area contributed by atoms with Gasteiger partial charge in [0.1, 0.15) is 5.82 Å². The molecular formula is C22H21ClN4O3S. The Kier molecular flexibility index (Phi) is 6.11. The fourth-order valence-corrected chi connectivity index (χ4v) is 4.77. The van der Waals surface area contributed by atoms with Crippen molar-refractivity contribution in [1.29, 1.82) is 0 Å². The first-order valence-electron chi connectivity index (χ1n) is 9.77. The maximum atomic E-state index is 13.0. The van der Waals surface area contributed by atoms with Crippen LogP contribution in [0.2, 0.25) is 5.02 Å². The van der Waals surface area contributed by atoms with Crippen molar-refractivity contribution >= 4 is 39.0 Å². The molecule has 160 valence electrons. The molecule has 0 atom stereocenters. The summed E-state index contributed by atoms with van der Waals surface area (Å²) in [5.74, 6) is 0.684. The molecule has 1 saturated heterocycles. The summed E-state index contributed by atoms with van der Waals surface area (Å²) in [7, 11) is -3.89. The third-order valence-corrected chi connectivity index (χ3v) is 6.74. The van der Waals surface area contributed by atoms with Gasteiger partial charge in [0.25, 0.3) is 15.9 Å². The molecule has 3 aromatic rings. The number of carbonyl (C=O) groups excluding carboxylic acids is 1. The number of para-hydroxylation sites is 1. The smallest absolute Gasteiger partial charge is 0.261 e. The highest BCUT2D eigenvalue weighted by atomic mass is 35.5. The second-order valence-corrected chi connectivity index (χ2v) is 9.17. The normalized spacial score (nSPS) is 14.4. The van der Waals surface area contributed by atoms with Gasteiger partial charge in [0, 0.05) is 37.9 Å². The molecule has 31 heavy (non-hydrogen) atoms. The molecule has 0 spiro atoms. The standard InChI is InChI=1S/C22H21ClN4O3S/c23-19-8-1-2-9-20(19)25-31(29,30)18-7-5-6-17(16-18)22(28)27-14-12-26(13-15-27)21-10-3-4-11-24-21/h1-11,16,25H,12-15H2. The Morgan fingerprint density at radius 3 is 2.39 bits per heavy atom. The monoisotopic (exact) mass is 456 g/mol. The molecule has 0 unspecified atom stereocenters. The summed E-state index contributed by atoms with van der Waals surface area (Å²) in [4.78, 5) is 21.2. The van der Waals surface area contributed by atoms with Crippen molar-refractivity contribution in [1.82, 2.24) is 9.88 Å². The number of nitrogens with one attached hydrogen (secondary N) is 1. The zero-order valence-electron chi connectivity index (χ0n) is 16.6. The maximum absolute atomic E-state index is 13.0. The van der Waals surface area contributed by atoms with Crippen molar-refractivity contribution in [2.24, 2.45) is 0 Å². The Bertz CT molecular complexity index is 1180. The predicted octanol–water partition coefficient (Wildman–Crippen LogP) is 3.50. The zero-order chi connectivity index (χ0) is 21.8. The van der Waals surface area contributed by atoms with Crippen LogP contribution in [0.1, 0.15) is 10.4 Å². The van der Waals surface area contributed by atoms with Gasteiger partial charge in [0.15, 0.2) is 0 Å². The van der Waals surface area contributed by atoms with Gasteiger partial charge in [-0.3, -0.25) is 9.52 Å². The fourth-order valence-electron chi connectivity index (χ4n) is 3.41. The quantitative estimate of drug-likeness (QED) is 0.635. The summed E-state index contributed by atoms with van der Waals surface area (Å²) in [5.41, 5.74) is 0.611. The first-order chi connectivity index (χ1) is 14.9. The number of sulfonamides is 1. The van der Waals surface area contributed by atoms with Gasteiger partial charge in [0.05, 0.1) is 15.6 Å². The number of piperazine rings is 1. The van der Waals surface area contributed by atoms with Crippen LogP contribution in [-0.2, 0) is 10.0 Å². The van der Waals surface area contributed by atoms with Crippen LogP contribution in [-0.4, -0.2) is 50.4 Å². The number of pyridine rings is 1. The minimum Gasteiger partial charge on any atom is -0.353 e. The van der Waals surface area contributed by atoms with Crippen LogP contribution in [0.4, 0.5) is 11.5 Å². The number of anilines is 2. The Balaban J connectivity index is 1.47. The molecule has 2 heterocycles. The summed E-state index contributed by atoms with van der Waals surface area (Å²) in [6.07, 6.45) is 1.75. The van der Waals surface area contributed by atoms with E-state index in [9.17, 15) is 13.2 Å². The summed E-state index contributed by atoms with van der Waals surface area (Å²) < 4.78 is 28.1. The number of amides is 1. The summed E-state index contributed by atoms with van der Waals surface area (Å²) >= 11 is 6.06. The van der Waals surface area contributed by atoms with E-state index in [0.717, 1.165) is 5.82 Å². The summed E-state index contributed by atoms with van der Waals surface area (Å²) in [6.45, 7) is 2.39. The molecule has 0 bridgehead atoms. The van der Waals surface area contributed by atoms with E-state index in [1.807, 2.05) is 18.2 Å². The second kappa shape index (κ2) is 8.95. The average molecular weight is 457 g/mol. The number of carbonyl (C=O) groups is 1. The van der Waals surface area contributed by atoms with Crippen LogP contribution < -0.4 is 9.62 Å². The van der Waals surface area contributed by atoms with Crippen molar-refractivity contribution in [3.8, 4) is 0 Å². The topological polar surface area (TPSA) is 82.6 Å². The Morgan fingerprint density at radius 2 is 1.68 bits per heavy atom. The average Bonchev–Trinajstić information content (AvgIpc) is 2.81. The van der Waals surface area contributed by atoms with Crippen LogP contribution >= 0.6 is 11.6 Å². The molecule has 9 heteroatoms. The molecule has 1 aliphatic rings. The maximum Gasteiger partial charge on any atom is 0.261 e. The van der Waals surface area contributed by atoms with E-state index < -0.39 is 10.0 Å². The molecule has 1 N–H and O–H groups in total. The lowest BCUT2D eigenvalue weighted by atomic mass is 10.2. The second-order valence-electron chi connectivity index (χ2n) is 7.08. The first kappa shape index (κ1) is 21.1. The Hall–Kier alpha value is -3.10. The van der Waals surface area contributed by atoms with Crippen molar-refractivity contribution in [2.45, 2.75) is 4.90 Å². The number of nitrogens with zero attached hydrogens (tertiary/aromatic N) is 3. The van der Waals surface area contributed by atoms with Crippen LogP contribution in [0.25, 0.3) is 0 Å². The van der Waals surface area contributed by atoms with Crippen LogP contribution in [0.5, 0.6) is 0 Å². The van der Waals surface area contributed by atoms with Crippen LogP contribution in [0, 0.1) is 0 Å². The van der Waals surface area contributed by atoms with Gasteiger partial charge in [-0.05, 0) is 42.5 Å². The lowest BCUT2D eigenvalue weighted by Crippen LogP contribution is -2.49. The van der Waals surface area contributed by atoms with Gasteiger partial charge in [-0.2, -0.15) is 0 Å². The molecule has 1 fully saturated rings. The molecule has 0 saturated carbocycles. The van der Waals surface area contributed by atoms with Crippen LogP contribution in [0.3, 0.4) is 0 Å². The molecule has 2 aromatic carbocycles. The largest absolute Gasteiger partial charge is 0.353 e. The number of aromatic nitrogens is 1. The van der Waals surface area contributed by atoms with Gasteiger partial charge < -0.3 is 9.80 Å². The van der Waals surface area contributed by atoms with E-state index >= 15 is 0 Å².